The molecule has 1 heterocycles. The number of carbonyl (C=O) groups is 2. The molecule has 5 heteroatoms. The van der Waals surface area contributed by atoms with E-state index in [1.165, 1.54) is 0 Å². The molecule has 0 fully saturated rings. The van der Waals surface area contributed by atoms with Crippen LogP contribution in [-0.4, -0.2) is 30.3 Å². The van der Waals surface area contributed by atoms with Crippen molar-refractivity contribution in [2.75, 3.05) is 13.7 Å². The minimum atomic E-state index is -0.236. The highest BCUT2D eigenvalue weighted by Crippen LogP contribution is 2.38. The summed E-state index contributed by atoms with van der Waals surface area (Å²) in [6.45, 7) is 7.98. The van der Waals surface area contributed by atoms with Gasteiger partial charge in [0, 0.05) is 24.4 Å². The topological polar surface area (TPSA) is 68.3 Å². The lowest BCUT2D eigenvalue weighted by molar-refractivity contribution is 0.0957. The minimum Gasteiger partial charge on any atom is -0.492 e. The van der Waals surface area contributed by atoms with Gasteiger partial charge in [0.15, 0.2) is 5.78 Å². The summed E-state index contributed by atoms with van der Waals surface area (Å²) >= 11 is 0. The largest absolute Gasteiger partial charge is 0.492 e. The number of nitrogens with one attached hydrogen (secondary N) is 1. The second kappa shape index (κ2) is 7.92. The number of rotatable bonds is 6. The molecular formula is C20H24N2O3. The molecule has 0 aliphatic rings. The number of benzene rings is 1. The highest BCUT2D eigenvalue weighted by Gasteiger charge is 2.20. The number of hydrogen-bond donors (Lipinski definition) is 1. The summed E-state index contributed by atoms with van der Waals surface area (Å²) in [5, 5.41) is 2.56. The van der Waals surface area contributed by atoms with E-state index < -0.39 is 0 Å². The molecule has 5 nitrogen and oxygen atoms in total. The molecule has 0 aliphatic heterocycles. The Hall–Kier alpha value is -2.69. The summed E-state index contributed by atoms with van der Waals surface area (Å²) in [5.74, 6) is 0.313. The number of carbonyl (C=O) groups excluding carboxylic acids is 2. The summed E-state index contributed by atoms with van der Waals surface area (Å²) in [6, 6.07) is 5.43. The van der Waals surface area contributed by atoms with Gasteiger partial charge in [-0.2, -0.15) is 0 Å². The van der Waals surface area contributed by atoms with Crippen LogP contribution in [0.3, 0.4) is 0 Å². The molecule has 1 N–H and O–H groups in total. The summed E-state index contributed by atoms with van der Waals surface area (Å²) in [5.41, 5.74) is 4.77. The number of Topliss-reactive ketones (excluding diaryl/α,β-unsaturated/α-hetero) is 1. The molecule has 0 unspecified atom stereocenters. The van der Waals surface area contributed by atoms with E-state index in [-0.39, 0.29) is 11.7 Å². The van der Waals surface area contributed by atoms with Gasteiger partial charge in [-0.1, -0.05) is 13.0 Å². The van der Waals surface area contributed by atoms with E-state index in [4.69, 9.17) is 4.74 Å². The van der Waals surface area contributed by atoms with Crippen LogP contribution in [0, 0.1) is 6.92 Å². The first kappa shape index (κ1) is 18.6. The zero-order valence-corrected chi connectivity index (χ0v) is 15.4. The van der Waals surface area contributed by atoms with Crippen molar-refractivity contribution in [3.8, 4) is 16.9 Å². The zero-order valence-electron chi connectivity index (χ0n) is 15.4. The Labute approximate surface area is 148 Å². The fourth-order valence-electron chi connectivity index (χ4n) is 2.89. The van der Waals surface area contributed by atoms with Crippen molar-refractivity contribution in [1.82, 2.24) is 10.3 Å². The Bertz CT molecular complexity index is 796. The summed E-state index contributed by atoms with van der Waals surface area (Å²) in [6.07, 6.45) is 2.47. The molecule has 25 heavy (non-hydrogen) atoms. The van der Waals surface area contributed by atoms with Gasteiger partial charge in [-0.25, -0.2) is 0 Å². The van der Waals surface area contributed by atoms with Crippen LogP contribution < -0.4 is 10.1 Å². The van der Waals surface area contributed by atoms with Crippen molar-refractivity contribution in [1.29, 1.82) is 0 Å². The highest BCUT2D eigenvalue weighted by molar-refractivity contribution is 6.00. The molecule has 1 amide bonds. The Morgan fingerprint density at radius 3 is 2.44 bits per heavy atom. The van der Waals surface area contributed by atoms with Crippen LogP contribution >= 0.6 is 0 Å². The van der Waals surface area contributed by atoms with Gasteiger partial charge in [0.05, 0.1) is 12.2 Å². The Morgan fingerprint density at radius 1 is 1.24 bits per heavy atom. The minimum absolute atomic E-state index is 0.0330. The molecule has 2 aromatic rings. The third-order valence-electron chi connectivity index (χ3n) is 4.21. The predicted octanol–water partition coefficient (Wildman–Crippen LogP) is 3.58. The van der Waals surface area contributed by atoms with Crippen molar-refractivity contribution in [3.05, 3.63) is 46.8 Å². The van der Waals surface area contributed by atoms with Crippen LogP contribution in [-0.2, 0) is 6.42 Å². The van der Waals surface area contributed by atoms with Gasteiger partial charge < -0.3 is 10.1 Å². The van der Waals surface area contributed by atoms with Crippen LogP contribution in [0.2, 0.25) is 0 Å². The van der Waals surface area contributed by atoms with E-state index in [2.05, 4.69) is 17.2 Å². The van der Waals surface area contributed by atoms with Crippen molar-refractivity contribution in [3.63, 3.8) is 0 Å². The van der Waals surface area contributed by atoms with Gasteiger partial charge in [0.1, 0.15) is 11.4 Å². The van der Waals surface area contributed by atoms with E-state index in [9.17, 15) is 9.59 Å². The number of hydrogen-bond acceptors (Lipinski definition) is 4. The van der Waals surface area contributed by atoms with Crippen molar-refractivity contribution in [2.45, 2.75) is 34.1 Å². The maximum atomic E-state index is 12.1. The Kier molecular flexibility index (Phi) is 5.91. The standard InChI is InChI=1S/C20H24N2O3/c1-6-14-10-16(13(4)23)19(25-7-2)18(12(14)3)15-8-9-17(22-11-15)20(24)21-5/h8-11H,6-7H2,1-5H3,(H,21,24). The average molecular weight is 340 g/mol. The molecule has 0 atom stereocenters. The van der Waals surface area contributed by atoms with Crippen LogP contribution in [0.15, 0.2) is 24.4 Å². The summed E-state index contributed by atoms with van der Waals surface area (Å²) in [7, 11) is 1.57. The van der Waals surface area contributed by atoms with E-state index in [0.717, 1.165) is 28.7 Å². The lowest BCUT2D eigenvalue weighted by atomic mass is 9.90. The molecule has 0 bridgehead atoms. The molecular weight excluding hydrogens is 316 g/mol. The number of aryl methyl sites for hydroxylation is 1. The maximum Gasteiger partial charge on any atom is 0.269 e. The Morgan fingerprint density at radius 2 is 1.96 bits per heavy atom. The fraction of sp³-hybridized carbons (Fsp3) is 0.350. The number of ketones is 1. The maximum absolute atomic E-state index is 12.1. The molecule has 132 valence electrons. The number of aromatic nitrogens is 1. The van der Waals surface area contributed by atoms with Crippen LogP contribution in [0.5, 0.6) is 5.75 Å². The average Bonchev–Trinajstić information content (AvgIpc) is 2.61. The van der Waals surface area contributed by atoms with Crippen molar-refractivity contribution in [2.24, 2.45) is 0 Å². The van der Waals surface area contributed by atoms with Crippen molar-refractivity contribution < 1.29 is 14.3 Å². The highest BCUT2D eigenvalue weighted by atomic mass is 16.5. The number of amides is 1. The van der Waals surface area contributed by atoms with Crippen molar-refractivity contribution >= 4 is 11.7 Å². The predicted molar refractivity (Wildman–Crippen MR) is 98.4 cm³/mol. The lowest BCUT2D eigenvalue weighted by Gasteiger charge is -2.19. The third kappa shape index (κ3) is 3.71. The van der Waals surface area contributed by atoms with Crippen LogP contribution in [0.1, 0.15) is 52.7 Å². The monoisotopic (exact) mass is 340 g/mol. The molecule has 0 aliphatic carbocycles. The number of pyridine rings is 1. The molecule has 0 saturated carbocycles. The van der Waals surface area contributed by atoms with Gasteiger partial charge in [-0.15, -0.1) is 0 Å². The van der Waals surface area contributed by atoms with E-state index in [1.54, 1.807) is 26.2 Å². The molecule has 0 radical (unpaired) electrons. The number of ether oxygens (including phenoxy) is 1. The van der Waals surface area contributed by atoms with E-state index >= 15 is 0 Å². The Balaban J connectivity index is 2.71. The first-order chi connectivity index (χ1) is 11.9. The second-order valence-corrected chi connectivity index (χ2v) is 5.77. The first-order valence-electron chi connectivity index (χ1n) is 8.43. The van der Waals surface area contributed by atoms with Crippen LogP contribution in [0.25, 0.3) is 11.1 Å². The van der Waals surface area contributed by atoms with E-state index in [1.807, 2.05) is 26.0 Å². The summed E-state index contributed by atoms with van der Waals surface area (Å²) in [4.78, 5) is 28.1. The second-order valence-electron chi connectivity index (χ2n) is 5.77. The molecule has 0 spiro atoms. The molecule has 1 aromatic carbocycles. The summed E-state index contributed by atoms with van der Waals surface area (Å²) < 4.78 is 5.84. The smallest absolute Gasteiger partial charge is 0.269 e. The van der Waals surface area contributed by atoms with Crippen LogP contribution in [0.4, 0.5) is 0 Å². The van der Waals surface area contributed by atoms with E-state index in [0.29, 0.717) is 23.6 Å². The van der Waals surface area contributed by atoms with Gasteiger partial charge in [-0.3, -0.25) is 14.6 Å². The van der Waals surface area contributed by atoms with Gasteiger partial charge in [0.25, 0.3) is 5.91 Å². The molecule has 0 saturated heterocycles. The first-order valence-corrected chi connectivity index (χ1v) is 8.43. The van der Waals surface area contributed by atoms with Gasteiger partial charge in [-0.05, 0) is 50.5 Å². The zero-order chi connectivity index (χ0) is 18.6. The SMILES string of the molecule is CCOc1c(C(C)=O)cc(CC)c(C)c1-c1ccc(C(=O)NC)nc1. The molecule has 2 rings (SSSR count). The lowest BCUT2D eigenvalue weighted by Crippen LogP contribution is -2.18. The van der Waals surface area contributed by atoms with Gasteiger partial charge in [0.2, 0.25) is 0 Å². The van der Waals surface area contributed by atoms with Gasteiger partial charge >= 0.3 is 0 Å². The quantitative estimate of drug-likeness (QED) is 0.816. The molecule has 1 aromatic heterocycles. The fourth-order valence-corrected chi connectivity index (χ4v) is 2.89. The third-order valence-corrected chi connectivity index (χ3v) is 4.21. The normalized spacial score (nSPS) is 10.4. The number of nitrogens with zero attached hydrogens (tertiary/aromatic N) is 1.